The van der Waals surface area contributed by atoms with Crippen molar-refractivity contribution in [3.63, 3.8) is 0 Å². The van der Waals surface area contributed by atoms with Crippen LogP contribution in [0.15, 0.2) is 48.7 Å². The van der Waals surface area contributed by atoms with Gasteiger partial charge in [-0.25, -0.2) is 14.2 Å². The minimum Gasteiger partial charge on any atom is -0.336 e. The summed E-state index contributed by atoms with van der Waals surface area (Å²) in [7, 11) is 0. The molecule has 2 aromatic carbocycles. The third-order valence-electron chi connectivity index (χ3n) is 4.21. The van der Waals surface area contributed by atoms with Crippen LogP contribution in [0, 0.1) is 12.7 Å². The molecule has 8 heteroatoms. The highest BCUT2D eigenvalue weighted by Gasteiger charge is 2.11. The average Bonchev–Trinajstić information content (AvgIpc) is 3.11. The number of hydrogen-bond acceptors (Lipinski definition) is 4. The molecule has 1 aromatic heterocycles. The predicted molar refractivity (Wildman–Crippen MR) is 118 cm³/mol. The number of halogens is 1. The van der Waals surface area contributed by atoms with Gasteiger partial charge in [0.05, 0.1) is 0 Å². The van der Waals surface area contributed by atoms with Crippen molar-refractivity contribution in [1.82, 2.24) is 10.3 Å². The molecular weight excluding hydrogens is 403 g/mol. The van der Waals surface area contributed by atoms with Gasteiger partial charge in [-0.05, 0) is 62.2 Å². The lowest BCUT2D eigenvalue weighted by atomic mass is 10.1. The topological polar surface area (TPSA) is 83.1 Å². The summed E-state index contributed by atoms with van der Waals surface area (Å²) < 4.78 is 13.7. The molecule has 156 valence electrons. The van der Waals surface area contributed by atoms with Crippen molar-refractivity contribution in [2.24, 2.45) is 0 Å². The van der Waals surface area contributed by atoms with E-state index in [0.29, 0.717) is 28.4 Å². The second-order valence-electron chi connectivity index (χ2n) is 7.18. The van der Waals surface area contributed by atoms with Crippen molar-refractivity contribution in [2.75, 3.05) is 10.6 Å². The molecule has 0 radical (unpaired) electrons. The molecule has 0 atom stereocenters. The normalized spacial score (nSPS) is 10.7. The van der Waals surface area contributed by atoms with E-state index in [2.05, 4.69) is 20.9 Å². The summed E-state index contributed by atoms with van der Waals surface area (Å²) in [6.07, 6.45) is 2.22. The van der Waals surface area contributed by atoms with E-state index in [0.717, 1.165) is 10.4 Å². The smallest absolute Gasteiger partial charge is 0.319 e. The van der Waals surface area contributed by atoms with Gasteiger partial charge >= 0.3 is 6.03 Å². The zero-order valence-electron chi connectivity index (χ0n) is 17.0. The second-order valence-corrected chi connectivity index (χ2v) is 8.29. The van der Waals surface area contributed by atoms with E-state index in [9.17, 15) is 14.0 Å². The van der Waals surface area contributed by atoms with Gasteiger partial charge < -0.3 is 10.6 Å². The first kappa shape index (κ1) is 21.4. The van der Waals surface area contributed by atoms with Gasteiger partial charge in [0, 0.05) is 34.8 Å². The molecule has 6 nitrogen and oxygen atoms in total. The maximum atomic E-state index is 13.7. The van der Waals surface area contributed by atoms with Crippen LogP contribution in [0.1, 0.15) is 40.2 Å². The zero-order valence-corrected chi connectivity index (χ0v) is 17.8. The van der Waals surface area contributed by atoms with Crippen molar-refractivity contribution < 1.29 is 14.0 Å². The van der Waals surface area contributed by atoms with Gasteiger partial charge in [-0.3, -0.25) is 10.1 Å². The number of rotatable bonds is 6. The molecular formula is C22H23FN4O2S. The van der Waals surface area contributed by atoms with Gasteiger partial charge in [-0.2, -0.15) is 0 Å². The van der Waals surface area contributed by atoms with Gasteiger partial charge in [-0.1, -0.05) is 12.1 Å². The Bertz CT molecular complexity index is 1050. The third-order valence-corrected chi connectivity index (χ3v) is 5.13. The molecule has 3 rings (SSSR count). The fourth-order valence-electron chi connectivity index (χ4n) is 2.70. The molecule has 0 bridgehead atoms. The maximum Gasteiger partial charge on any atom is 0.319 e. The van der Waals surface area contributed by atoms with Crippen LogP contribution in [0.4, 0.5) is 20.0 Å². The number of hydrogen-bond donors (Lipinski definition) is 3. The number of carbonyl (C=O) groups is 2. The summed E-state index contributed by atoms with van der Waals surface area (Å²) in [6.45, 7) is 5.47. The van der Waals surface area contributed by atoms with Gasteiger partial charge in [0.2, 0.25) is 0 Å². The molecule has 3 N–H and O–H groups in total. The fourth-order valence-corrected chi connectivity index (χ4v) is 3.54. The van der Waals surface area contributed by atoms with E-state index in [1.165, 1.54) is 17.4 Å². The quantitative estimate of drug-likeness (QED) is 0.521. The van der Waals surface area contributed by atoms with Crippen molar-refractivity contribution in [1.29, 1.82) is 0 Å². The van der Waals surface area contributed by atoms with Crippen LogP contribution < -0.4 is 16.0 Å². The second kappa shape index (κ2) is 9.49. The standard InChI is InChI=1S/C22H23FN4O2S/c1-13(2)25-21(29)26-17-8-6-16(7-9-17)20(28)27-22-24-12-18(30-22)10-15-5-4-14(3)19(23)11-15/h4-9,11-13H,10H2,1-3H3,(H,24,27,28)(H2,25,26,29). The number of thiazole rings is 1. The molecule has 0 saturated carbocycles. The lowest BCUT2D eigenvalue weighted by molar-refractivity contribution is 0.102. The van der Waals surface area contributed by atoms with E-state index in [-0.39, 0.29) is 23.8 Å². The molecule has 0 unspecified atom stereocenters. The van der Waals surface area contributed by atoms with Gasteiger partial charge in [0.25, 0.3) is 5.91 Å². The third kappa shape index (κ3) is 5.87. The highest BCUT2D eigenvalue weighted by molar-refractivity contribution is 7.15. The molecule has 0 fully saturated rings. The van der Waals surface area contributed by atoms with Crippen LogP contribution in [0.5, 0.6) is 0 Å². The average molecular weight is 427 g/mol. The number of carbonyl (C=O) groups excluding carboxylic acids is 2. The van der Waals surface area contributed by atoms with Gasteiger partial charge in [0.15, 0.2) is 5.13 Å². The van der Waals surface area contributed by atoms with Gasteiger partial charge in [0.1, 0.15) is 5.82 Å². The van der Waals surface area contributed by atoms with Crippen LogP contribution in [-0.4, -0.2) is 23.0 Å². The maximum absolute atomic E-state index is 13.7. The Morgan fingerprint density at radius 1 is 1.10 bits per heavy atom. The first-order valence-electron chi connectivity index (χ1n) is 9.49. The van der Waals surface area contributed by atoms with Crippen molar-refractivity contribution in [3.8, 4) is 0 Å². The highest BCUT2D eigenvalue weighted by Crippen LogP contribution is 2.23. The van der Waals surface area contributed by atoms with E-state index >= 15 is 0 Å². The van der Waals surface area contributed by atoms with Crippen LogP contribution in [-0.2, 0) is 6.42 Å². The molecule has 30 heavy (non-hydrogen) atoms. The van der Waals surface area contributed by atoms with Gasteiger partial charge in [-0.15, -0.1) is 11.3 Å². The lowest BCUT2D eigenvalue weighted by Crippen LogP contribution is -2.34. The van der Waals surface area contributed by atoms with E-state index in [1.807, 2.05) is 19.9 Å². The van der Waals surface area contributed by atoms with Crippen LogP contribution >= 0.6 is 11.3 Å². The monoisotopic (exact) mass is 426 g/mol. The predicted octanol–water partition coefficient (Wildman–Crippen LogP) is 4.96. The first-order chi connectivity index (χ1) is 14.3. The number of nitrogens with one attached hydrogen (secondary N) is 3. The first-order valence-corrected chi connectivity index (χ1v) is 10.3. The largest absolute Gasteiger partial charge is 0.336 e. The lowest BCUT2D eigenvalue weighted by Gasteiger charge is -2.10. The summed E-state index contributed by atoms with van der Waals surface area (Å²) in [4.78, 5) is 29.3. The van der Waals surface area contributed by atoms with E-state index < -0.39 is 0 Å². The SMILES string of the molecule is Cc1ccc(Cc2cnc(NC(=O)c3ccc(NC(=O)NC(C)C)cc3)s2)cc1F. The van der Waals surface area contributed by atoms with Crippen LogP contribution in [0.2, 0.25) is 0 Å². The Balaban J connectivity index is 1.58. The minimum atomic E-state index is -0.300. The number of aryl methyl sites for hydroxylation is 1. The number of nitrogens with zero attached hydrogens (tertiary/aromatic N) is 1. The fraction of sp³-hybridized carbons (Fsp3) is 0.227. The Morgan fingerprint density at radius 2 is 1.83 bits per heavy atom. The molecule has 1 heterocycles. The highest BCUT2D eigenvalue weighted by atomic mass is 32.1. The summed E-state index contributed by atoms with van der Waals surface area (Å²) in [5.74, 6) is -0.527. The summed E-state index contributed by atoms with van der Waals surface area (Å²) in [5, 5.41) is 8.67. The number of amides is 3. The minimum absolute atomic E-state index is 0.0308. The molecule has 0 spiro atoms. The zero-order chi connectivity index (χ0) is 21.7. The molecule has 0 aliphatic carbocycles. The van der Waals surface area contributed by atoms with Crippen molar-refractivity contribution >= 4 is 34.1 Å². The van der Waals surface area contributed by atoms with Crippen LogP contribution in [0.25, 0.3) is 0 Å². The Labute approximate surface area is 178 Å². The Kier molecular flexibility index (Phi) is 6.79. The molecule has 3 amide bonds. The number of urea groups is 1. The Morgan fingerprint density at radius 3 is 2.50 bits per heavy atom. The Hall–Kier alpha value is -3.26. The molecule has 0 aliphatic heterocycles. The molecule has 0 aliphatic rings. The summed E-state index contributed by atoms with van der Waals surface area (Å²) >= 11 is 1.35. The molecule has 3 aromatic rings. The number of anilines is 2. The van der Waals surface area contributed by atoms with Crippen molar-refractivity contribution in [2.45, 2.75) is 33.2 Å². The summed E-state index contributed by atoms with van der Waals surface area (Å²) in [5.41, 5.74) is 2.50. The number of benzene rings is 2. The van der Waals surface area contributed by atoms with E-state index in [1.54, 1.807) is 43.5 Å². The van der Waals surface area contributed by atoms with E-state index in [4.69, 9.17) is 0 Å². The number of aromatic nitrogens is 1. The van der Waals surface area contributed by atoms with Crippen LogP contribution in [0.3, 0.4) is 0 Å². The summed E-state index contributed by atoms with van der Waals surface area (Å²) in [6, 6.07) is 11.5. The van der Waals surface area contributed by atoms with Crippen molar-refractivity contribution in [3.05, 3.63) is 76.0 Å². The molecule has 0 saturated heterocycles.